The molecule has 2 aromatic rings. The van der Waals surface area contributed by atoms with Crippen LogP contribution in [0.25, 0.3) is 11.0 Å². The van der Waals surface area contributed by atoms with E-state index in [4.69, 9.17) is 0 Å². The summed E-state index contributed by atoms with van der Waals surface area (Å²) in [6, 6.07) is 3.10. The van der Waals surface area contributed by atoms with Crippen LogP contribution in [0.5, 0.6) is 0 Å². The first-order valence-electron chi connectivity index (χ1n) is 6.51. The van der Waals surface area contributed by atoms with E-state index < -0.39 is 4.92 Å². The molecule has 1 saturated heterocycles. The number of nitro benzene ring substituents is 1. The van der Waals surface area contributed by atoms with Gasteiger partial charge in [-0.3, -0.25) is 10.1 Å². The molecule has 0 amide bonds. The van der Waals surface area contributed by atoms with Crippen molar-refractivity contribution in [2.45, 2.75) is 24.5 Å². The van der Waals surface area contributed by atoms with Gasteiger partial charge in [-0.05, 0) is 35.0 Å². The fourth-order valence-electron chi connectivity index (χ4n) is 2.34. The Bertz CT molecular complexity index is 624. The van der Waals surface area contributed by atoms with Crippen LogP contribution in [-0.4, -0.2) is 32.8 Å². The summed E-state index contributed by atoms with van der Waals surface area (Å²) in [4.78, 5) is 10.4. The van der Waals surface area contributed by atoms with E-state index in [0.29, 0.717) is 10.8 Å². The molecule has 1 aliphatic heterocycles. The number of nitro groups is 1. The first-order valence-corrected chi connectivity index (χ1v) is 7.55. The predicted octanol–water partition coefficient (Wildman–Crippen LogP) is 2.83. The van der Waals surface area contributed by atoms with Crippen LogP contribution in [0.4, 0.5) is 11.4 Å². The zero-order valence-electron chi connectivity index (χ0n) is 10.7. The van der Waals surface area contributed by atoms with E-state index in [-0.39, 0.29) is 11.2 Å². The number of benzene rings is 1. The van der Waals surface area contributed by atoms with Gasteiger partial charge in [-0.15, -0.1) is 0 Å². The van der Waals surface area contributed by atoms with Crippen molar-refractivity contribution < 1.29 is 9.55 Å². The van der Waals surface area contributed by atoms with Crippen molar-refractivity contribution in [3.63, 3.8) is 0 Å². The van der Waals surface area contributed by atoms with Crippen LogP contribution in [0, 0.1) is 10.1 Å². The van der Waals surface area contributed by atoms with Gasteiger partial charge in [0.1, 0.15) is 0 Å². The van der Waals surface area contributed by atoms with E-state index >= 15 is 0 Å². The minimum atomic E-state index is -0.479. The van der Waals surface area contributed by atoms with Crippen LogP contribution in [0.1, 0.15) is 19.3 Å². The molecule has 0 radical (unpaired) electrons. The maximum absolute atomic E-state index is 10.9. The zero-order chi connectivity index (χ0) is 13.9. The van der Waals surface area contributed by atoms with Gasteiger partial charge >= 0.3 is 5.69 Å². The van der Waals surface area contributed by atoms with Crippen molar-refractivity contribution in [2.24, 2.45) is 0 Å². The molecule has 1 aliphatic rings. The number of non-ortho nitro benzene ring substituents is 1. The lowest BCUT2D eigenvalue weighted by Crippen LogP contribution is -2.20. The van der Waals surface area contributed by atoms with Crippen LogP contribution in [-0.2, 0) is 0 Å². The summed E-state index contributed by atoms with van der Waals surface area (Å²) in [6.45, 7) is 0.824. The van der Waals surface area contributed by atoms with Gasteiger partial charge in [-0.2, -0.15) is 11.8 Å². The maximum Gasteiger partial charge on any atom is 0.300 e. The van der Waals surface area contributed by atoms with Gasteiger partial charge in [-0.25, -0.2) is 4.63 Å². The van der Waals surface area contributed by atoms with Gasteiger partial charge in [0.25, 0.3) is 0 Å². The number of anilines is 1. The van der Waals surface area contributed by atoms with Crippen LogP contribution in [0.2, 0.25) is 0 Å². The molecule has 1 fully saturated rings. The number of hydrogen-bond acceptors (Lipinski definition) is 7. The van der Waals surface area contributed by atoms with E-state index in [9.17, 15) is 10.1 Å². The molecule has 0 spiro atoms. The quantitative estimate of drug-likeness (QED) is 0.684. The van der Waals surface area contributed by atoms with Gasteiger partial charge in [0, 0.05) is 17.9 Å². The summed E-state index contributed by atoms with van der Waals surface area (Å²) in [5.41, 5.74) is 1.26. The minimum absolute atomic E-state index is 0.0844. The number of rotatable bonds is 4. The van der Waals surface area contributed by atoms with Crippen molar-refractivity contribution in [1.29, 1.82) is 0 Å². The molecule has 1 N–H and O–H groups in total. The Hall–Kier alpha value is -1.83. The highest BCUT2D eigenvalue weighted by Crippen LogP contribution is 2.30. The molecule has 106 valence electrons. The van der Waals surface area contributed by atoms with Crippen LogP contribution >= 0.6 is 11.8 Å². The zero-order valence-corrected chi connectivity index (χ0v) is 11.6. The van der Waals surface area contributed by atoms with Crippen LogP contribution < -0.4 is 5.32 Å². The monoisotopic (exact) mass is 294 g/mol. The van der Waals surface area contributed by atoms with Crippen molar-refractivity contribution in [3.8, 4) is 0 Å². The van der Waals surface area contributed by atoms with Crippen LogP contribution in [0.3, 0.4) is 0 Å². The Labute approximate surface area is 119 Å². The summed E-state index contributed by atoms with van der Waals surface area (Å²) < 4.78 is 4.64. The van der Waals surface area contributed by atoms with E-state index in [1.54, 1.807) is 6.07 Å². The average molecular weight is 294 g/mol. The first-order chi connectivity index (χ1) is 9.75. The molecular weight excluding hydrogens is 280 g/mol. The molecule has 1 atom stereocenters. The van der Waals surface area contributed by atoms with Crippen molar-refractivity contribution >= 4 is 34.2 Å². The molecular formula is C12H14N4O3S. The number of fused-ring (bicyclic) bond motifs is 1. The molecule has 1 aromatic heterocycles. The lowest BCUT2D eigenvalue weighted by atomic mass is 10.2. The Morgan fingerprint density at radius 2 is 2.25 bits per heavy atom. The van der Waals surface area contributed by atoms with Crippen molar-refractivity contribution in [1.82, 2.24) is 10.3 Å². The second-order valence-corrected chi connectivity index (χ2v) is 6.13. The normalized spacial score (nSPS) is 19.1. The Balaban J connectivity index is 1.79. The summed E-state index contributed by atoms with van der Waals surface area (Å²) in [5, 5.41) is 22.2. The molecule has 0 aliphatic carbocycles. The predicted molar refractivity (Wildman–Crippen MR) is 77.0 cm³/mol. The average Bonchev–Trinajstić information content (AvgIpc) is 2.95. The highest BCUT2D eigenvalue weighted by molar-refractivity contribution is 7.99. The van der Waals surface area contributed by atoms with Crippen molar-refractivity contribution in [3.05, 3.63) is 22.2 Å². The highest BCUT2D eigenvalue weighted by atomic mass is 32.2. The minimum Gasteiger partial charge on any atom is -0.382 e. The third-order valence-corrected chi connectivity index (χ3v) is 4.78. The molecule has 3 rings (SSSR count). The molecule has 1 aromatic carbocycles. The lowest BCUT2D eigenvalue weighted by Gasteiger charge is -2.21. The first kappa shape index (κ1) is 13.2. The smallest absolute Gasteiger partial charge is 0.300 e. The largest absolute Gasteiger partial charge is 0.382 e. The number of nitrogens with one attached hydrogen (secondary N) is 1. The molecule has 8 heteroatoms. The molecule has 20 heavy (non-hydrogen) atoms. The van der Waals surface area contributed by atoms with Gasteiger partial charge in [0.05, 0.1) is 10.6 Å². The third-order valence-electron chi connectivity index (χ3n) is 3.39. The van der Waals surface area contributed by atoms with Gasteiger partial charge < -0.3 is 5.32 Å². The summed E-state index contributed by atoms with van der Waals surface area (Å²) in [5.74, 6) is 1.20. The topological polar surface area (TPSA) is 94.1 Å². The van der Waals surface area contributed by atoms with Gasteiger partial charge in [0.2, 0.25) is 5.52 Å². The van der Waals surface area contributed by atoms with E-state index in [2.05, 4.69) is 20.3 Å². The van der Waals surface area contributed by atoms with Gasteiger partial charge in [-0.1, -0.05) is 6.42 Å². The highest BCUT2D eigenvalue weighted by Gasteiger charge is 2.20. The molecule has 7 nitrogen and oxygen atoms in total. The third kappa shape index (κ3) is 2.55. The van der Waals surface area contributed by atoms with Crippen LogP contribution in [0.15, 0.2) is 16.8 Å². The molecule has 0 saturated carbocycles. The number of hydrogen-bond donors (Lipinski definition) is 1. The number of thioether (sulfide) groups is 1. The number of aromatic nitrogens is 2. The lowest BCUT2D eigenvalue weighted by molar-refractivity contribution is -0.383. The fraction of sp³-hybridized carbons (Fsp3) is 0.500. The Morgan fingerprint density at radius 3 is 3.00 bits per heavy atom. The fourth-order valence-corrected chi connectivity index (χ4v) is 3.57. The summed E-state index contributed by atoms with van der Waals surface area (Å²) in [7, 11) is 0. The Kier molecular flexibility index (Phi) is 3.72. The molecule has 0 bridgehead atoms. The van der Waals surface area contributed by atoms with Gasteiger partial charge in [0.15, 0.2) is 5.52 Å². The van der Waals surface area contributed by atoms with E-state index in [1.165, 1.54) is 31.1 Å². The SMILES string of the molecule is O=[N+]([O-])c1ccc(NCC2CCCCS2)c2nonc12. The van der Waals surface area contributed by atoms with E-state index in [1.807, 2.05) is 11.8 Å². The van der Waals surface area contributed by atoms with E-state index in [0.717, 1.165) is 12.2 Å². The summed E-state index contributed by atoms with van der Waals surface area (Å²) in [6.07, 6.45) is 3.75. The maximum atomic E-state index is 10.9. The molecule has 1 unspecified atom stereocenters. The number of nitrogens with zero attached hydrogens (tertiary/aromatic N) is 3. The second-order valence-electron chi connectivity index (χ2n) is 4.72. The van der Waals surface area contributed by atoms with Crippen molar-refractivity contribution in [2.75, 3.05) is 17.6 Å². The Morgan fingerprint density at radius 1 is 1.40 bits per heavy atom. The standard InChI is InChI=1S/C12H14N4O3S/c17-16(18)10-5-4-9(11-12(10)15-19-14-11)13-7-8-3-1-2-6-20-8/h4-5,8,13H,1-3,6-7H2. The second kappa shape index (κ2) is 5.66. The molecule has 2 heterocycles. The summed E-state index contributed by atoms with van der Waals surface area (Å²) >= 11 is 1.97.